The summed E-state index contributed by atoms with van der Waals surface area (Å²) in [5.41, 5.74) is 3.71. The van der Waals surface area contributed by atoms with Crippen molar-refractivity contribution in [3.63, 3.8) is 0 Å². The number of hydrogen-bond donors (Lipinski definition) is 2. The second-order valence-electron chi connectivity index (χ2n) is 7.79. The van der Waals surface area contributed by atoms with E-state index in [4.69, 9.17) is 0 Å². The van der Waals surface area contributed by atoms with Crippen LogP contribution in [-0.2, 0) is 6.42 Å². The molecule has 0 amide bonds. The zero-order valence-corrected chi connectivity index (χ0v) is 17.7. The van der Waals surface area contributed by atoms with E-state index in [1.807, 2.05) is 19.3 Å². The largest absolute Gasteiger partial charge is 0.356 e. The first-order valence-corrected chi connectivity index (χ1v) is 10.9. The number of aliphatic imine (C=N–C) groups is 1. The van der Waals surface area contributed by atoms with Gasteiger partial charge in [-0.05, 0) is 49.5 Å². The molecule has 4 rings (SSSR count). The molecule has 0 spiro atoms. The summed E-state index contributed by atoms with van der Waals surface area (Å²) in [5.74, 6) is 0.850. The summed E-state index contributed by atoms with van der Waals surface area (Å²) in [7, 11) is 1.84. The Kier molecular flexibility index (Phi) is 6.93. The minimum absolute atomic E-state index is 0.370. The van der Waals surface area contributed by atoms with Crippen molar-refractivity contribution in [3.8, 4) is 0 Å². The van der Waals surface area contributed by atoms with Crippen molar-refractivity contribution in [2.75, 3.05) is 33.2 Å². The number of hydrogen-bond acceptors (Lipinski definition) is 3. The number of likely N-dealkylation sites (tertiary alicyclic amines) is 1. The molecule has 2 heterocycles. The van der Waals surface area contributed by atoms with Crippen LogP contribution in [-0.4, -0.2) is 49.1 Å². The summed E-state index contributed by atoms with van der Waals surface area (Å²) in [4.78, 5) is 11.6. The van der Waals surface area contributed by atoms with Crippen molar-refractivity contribution in [1.29, 1.82) is 0 Å². The van der Waals surface area contributed by atoms with E-state index < -0.39 is 0 Å². The second kappa shape index (κ2) is 10.2. The lowest BCUT2D eigenvalue weighted by atomic mass is 10.1. The van der Waals surface area contributed by atoms with Crippen LogP contribution < -0.4 is 10.6 Å². The molecule has 156 valence electrons. The molecule has 1 aliphatic heterocycles. The Balaban J connectivity index is 1.35. The van der Waals surface area contributed by atoms with Gasteiger partial charge in [-0.25, -0.2) is 0 Å². The Morgan fingerprint density at radius 3 is 2.60 bits per heavy atom. The summed E-state index contributed by atoms with van der Waals surface area (Å²) in [6.07, 6.45) is 5.34. The molecule has 30 heavy (non-hydrogen) atoms. The highest BCUT2D eigenvalue weighted by Gasteiger charge is 2.23. The lowest BCUT2D eigenvalue weighted by Crippen LogP contribution is -2.43. The van der Waals surface area contributed by atoms with E-state index in [0.29, 0.717) is 6.04 Å². The van der Waals surface area contributed by atoms with E-state index in [-0.39, 0.29) is 0 Å². The molecular weight excluding hydrogens is 370 g/mol. The first-order chi connectivity index (χ1) is 14.8. The third-order valence-corrected chi connectivity index (χ3v) is 5.86. The van der Waals surface area contributed by atoms with E-state index in [9.17, 15) is 0 Å². The Labute approximate surface area is 179 Å². The molecule has 0 saturated carbocycles. The number of benzene rings is 2. The molecule has 2 aromatic carbocycles. The van der Waals surface area contributed by atoms with Crippen LogP contribution in [0.2, 0.25) is 0 Å². The van der Waals surface area contributed by atoms with Crippen LogP contribution in [0, 0.1) is 0 Å². The number of guanidine groups is 1. The average molecular weight is 402 g/mol. The predicted octanol–water partition coefficient (Wildman–Crippen LogP) is 3.78. The summed E-state index contributed by atoms with van der Waals surface area (Å²) in [5, 5.41) is 8.21. The summed E-state index contributed by atoms with van der Waals surface area (Å²) >= 11 is 0. The Morgan fingerprint density at radius 1 is 1.00 bits per heavy atom. The maximum absolute atomic E-state index is 4.56. The van der Waals surface area contributed by atoms with Gasteiger partial charge in [-0.1, -0.05) is 54.6 Å². The molecule has 0 radical (unpaired) electrons. The summed E-state index contributed by atoms with van der Waals surface area (Å²) in [6, 6.07) is 21.6. The van der Waals surface area contributed by atoms with Gasteiger partial charge in [0.05, 0.1) is 11.6 Å². The van der Waals surface area contributed by atoms with E-state index >= 15 is 0 Å². The number of nitrogens with zero attached hydrogens (tertiary/aromatic N) is 3. The number of rotatable bonds is 7. The minimum atomic E-state index is 0.370. The number of aromatic nitrogens is 1. The highest BCUT2D eigenvalue weighted by molar-refractivity contribution is 5.82. The minimum Gasteiger partial charge on any atom is -0.356 e. The molecule has 1 aliphatic rings. The van der Waals surface area contributed by atoms with Crippen LogP contribution in [0.15, 0.2) is 71.9 Å². The fraction of sp³-hybridized carbons (Fsp3) is 0.360. The Bertz CT molecular complexity index is 958. The van der Waals surface area contributed by atoms with Crippen molar-refractivity contribution < 1.29 is 0 Å². The highest BCUT2D eigenvalue weighted by atomic mass is 15.2. The lowest BCUT2D eigenvalue weighted by molar-refractivity contribution is 0.245. The normalized spacial score (nSPS) is 16.0. The Morgan fingerprint density at radius 2 is 1.80 bits per heavy atom. The van der Waals surface area contributed by atoms with E-state index in [1.165, 1.54) is 42.4 Å². The molecule has 3 aromatic rings. The molecule has 1 atom stereocenters. The molecule has 1 saturated heterocycles. The molecule has 5 heteroatoms. The SMILES string of the molecule is CN=C(NCCc1cccc2cccnc12)NCC(c1ccccc1)N1CCCC1. The Hall–Kier alpha value is -2.92. The molecule has 0 aliphatic carbocycles. The van der Waals surface area contributed by atoms with Crippen molar-refractivity contribution in [2.24, 2.45) is 4.99 Å². The van der Waals surface area contributed by atoms with Gasteiger partial charge in [0.1, 0.15) is 0 Å². The summed E-state index contributed by atoms with van der Waals surface area (Å²) < 4.78 is 0. The zero-order valence-electron chi connectivity index (χ0n) is 17.7. The van der Waals surface area contributed by atoms with Crippen LogP contribution in [0.1, 0.15) is 30.0 Å². The van der Waals surface area contributed by atoms with Crippen molar-refractivity contribution in [2.45, 2.75) is 25.3 Å². The molecule has 1 aromatic heterocycles. The average Bonchev–Trinajstić information content (AvgIpc) is 3.33. The monoisotopic (exact) mass is 401 g/mol. The standard InChI is InChI=1S/C25H31N5/c1-26-25(28-16-14-22-12-7-11-21-13-8-15-27-24(21)22)29-19-23(30-17-5-6-18-30)20-9-3-2-4-10-20/h2-4,7-13,15,23H,5-6,14,16-19H2,1H3,(H2,26,28,29). The van der Waals surface area contributed by atoms with Crippen LogP contribution in [0.3, 0.4) is 0 Å². The quantitative estimate of drug-likeness (QED) is 0.467. The number of nitrogens with one attached hydrogen (secondary N) is 2. The summed E-state index contributed by atoms with van der Waals surface area (Å²) in [6.45, 7) is 4.00. The smallest absolute Gasteiger partial charge is 0.191 e. The van der Waals surface area contributed by atoms with Crippen LogP contribution in [0.4, 0.5) is 0 Å². The van der Waals surface area contributed by atoms with Gasteiger partial charge in [0.25, 0.3) is 0 Å². The van der Waals surface area contributed by atoms with Crippen LogP contribution in [0.5, 0.6) is 0 Å². The number of fused-ring (bicyclic) bond motifs is 1. The topological polar surface area (TPSA) is 52.6 Å². The van der Waals surface area contributed by atoms with E-state index in [2.05, 4.69) is 80.1 Å². The second-order valence-corrected chi connectivity index (χ2v) is 7.79. The zero-order chi connectivity index (χ0) is 20.6. The highest BCUT2D eigenvalue weighted by Crippen LogP contribution is 2.24. The molecule has 5 nitrogen and oxygen atoms in total. The van der Waals surface area contributed by atoms with Crippen LogP contribution >= 0.6 is 0 Å². The maximum Gasteiger partial charge on any atom is 0.191 e. The van der Waals surface area contributed by atoms with E-state index in [1.54, 1.807) is 0 Å². The van der Waals surface area contributed by atoms with Gasteiger partial charge in [0.2, 0.25) is 0 Å². The van der Waals surface area contributed by atoms with E-state index in [0.717, 1.165) is 31.0 Å². The van der Waals surface area contributed by atoms with Gasteiger partial charge in [0.15, 0.2) is 5.96 Å². The number of para-hydroxylation sites is 1. The molecule has 2 N–H and O–H groups in total. The third kappa shape index (κ3) is 4.97. The van der Waals surface area contributed by atoms with Crippen LogP contribution in [0.25, 0.3) is 10.9 Å². The lowest BCUT2D eigenvalue weighted by Gasteiger charge is -2.29. The fourth-order valence-electron chi connectivity index (χ4n) is 4.28. The van der Waals surface area contributed by atoms with Gasteiger partial charge in [-0.2, -0.15) is 0 Å². The predicted molar refractivity (Wildman–Crippen MR) is 125 cm³/mol. The molecular formula is C25H31N5. The third-order valence-electron chi connectivity index (χ3n) is 5.86. The van der Waals surface area contributed by atoms with Gasteiger partial charge in [-0.15, -0.1) is 0 Å². The van der Waals surface area contributed by atoms with Gasteiger partial charge in [0, 0.05) is 31.7 Å². The maximum atomic E-state index is 4.56. The molecule has 1 unspecified atom stereocenters. The molecule has 1 fully saturated rings. The first-order valence-electron chi connectivity index (χ1n) is 10.9. The van der Waals surface area contributed by atoms with Gasteiger partial charge >= 0.3 is 0 Å². The fourth-order valence-corrected chi connectivity index (χ4v) is 4.28. The molecule has 0 bridgehead atoms. The first kappa shape index (κ1) is 20.4. The van der Waals surface area contributed by atoms with Crippen molar-refractivity contribution in [3.05, 3.63) is 78.0 Å². The van der Waals surface area contributed by atoms with Gasteiger partial charge in [-0.3, -0.25) is 14.9 Å². The van der Waals surface area contributed by atoms with Gasteiger partial charge < -0.3 is 10.6 Å². The van der Waals surface area contributed by atoms with Crippen molar-refractivity contribution in [1.82, 2.24) is 20.5 Å². The van der Waals surface area contributed by atoms with Crippen molar-refractivity contribution >= 4 is 16.9 Å². The number of pyridine rings is 1.